The molecule has 1 aromatic rings. The van der Waals surface area contributed by atoms with E-state index >= 15 is 0 Å². The van der Waals surface area contributed by atoms with Gasteiger partial charge in [0, 0.05) is 11.6 Å². The van der Waals surface area contributed by atoms with Crippen molar-refractivity contribution in [2.24, 2.45) is 5.41 Å². The van der Waals surface area contributed by atoms with Gasteiger partial charge in [-0.05, 0) is 37.3 Å². The highest BCUT2D eigenvalue weighted by Gasteiger charge is 2.18. The molecule has 0 spiro atoms. The van der Waals surface area contributed by atoms with Crippen LogP contribution in [0.25, 0.3) is 0 Å². The molecular formula is C16H26FN. The summed E-state index contributed by atoms with van der Waals surface area (Å²) in [4.78, 5) is 0. The smallest absolute Gasteiger partial charge is 0.127 e. The Labute approximate surface area is 111 Å². The Morgan fingerprint density at radius 1 is 1.22 bits per heavy atom. The van der Waals surface area contributed by atoms with Gasteiger partial charge >= 0.3 is 0 Å². The van der Waals surface area contributed by atoms with Crippen molar-refractivity contribution in [1.29, 1.82) is 0 Å². The van der Waals surface area contributed by atoms with E-state index in [-0.39, 0.29) is 17.3 Å². The number of hydrogen-bond donors (Lipinski definition) is 1. The lowest BCUT2D eigenvalue weighted by atomic mass is 9.87. The lowest BCUT2D eigenvalue weighted by Gasteiger charge is -2.24. The second kappa shape index (κ2) is 6.89. The molecule has 0 fully saturated rings. The van der Waals surface area contributed by atoms with E-state index in [2.05, 4.69) is 33.0 Å². The van der Waals surface area contributed by atoms with Gasteiger partial charge in [0.05, 0.1) is 0 Å². The third-order valence-electron chi connectivity index (χ3n) is 3.10. The summed E-state index contributed by atoms with van der Waals surface area (Å²) in [5, 5.41) is 3.46. The van der Waals surface area contributed by atoms with Crippen LogP contribution in [0.4, 0.5) is 4.39 Å². The Kier molecular flexibility index (Phi) is 5.80. The summed E-state index contributed by atoms with van der Waals surface area (Å²) in [5.41, 5.74) is 1.09. The van der Waals surface area contributed by atoms with E-state index in [1.54, 1.807) is 12.1 Å². The van der Waals surface area contributed by atoms with E-state index in [1.807, 2.05) is 12.1 Å². The predicted molar refractivity (Wildman–Crippen MR) is 76.1 cm³/mol. The van der Waals surface area contributed by atoms with Crippen molar-refractivity contribution in [3.63, 3.8) is 0 Å². The fourth-order valence-electron chi connectivity index (χ4n) is 2.02. The topological polar surface area (TPSA) is 12.0 Å². The molecule has 1 aromatic carbocycles. The molecule has 0 saturated carbocycles. The lowest BCUT2D eigenvalue weighted by molar-refractivity contribution is 0.329. The van der Waals surface area contributed by atoms with Crippen LogP contribution >= 0.6 is 0 Å². The summed E-state index contributed by atoms with van der Waals surface area (Å²) >= 11 is 0. The fraction of sp³-hybridized carbons (Fsp3) is 0.625. The molecule has 0 aliphatic carbocycles. The zero-order valence-electron chi connectivity index (χ0n) is 12.1. The molecule has 1 nitrogen and oxygen atoms in total. The summed E-state index contributed by atoms with van der Waals surface area (Å²) in [7, 11) is 0. The average Bonchev–Trinajstić information content (AvgIpc) is 2.29. The van der Waals surface area contributed by atoms with E-state index < -0.39 is 0 Å². The van der Waals surface area contributed by atoms with Crippen LogP contribution in [-0.2, 0) is 0 Å². The van der Waals surface area contributed by atoms with Crippen LogP contribution in [0.2, 0.25) is 0 Å². The van der Waals surface area contributed by atoms with Gasteiger partial charge in [0.25, 0.3) is 0 Å². The summed E-state index contributed by atoms with van der Waals surface area (Å²) < 4.78 is 13.8. The standard InChI is InChI=1S/C16H26FN/c1-5-12-18-15(10-11-16(2,3)4)13-8-6-7-9-14(13)17/h6-9,15,18H,5,10-12H2,1-4H3. The van der Waals surface area contributed by atoms with Crippen LogP contribution < -0.4 is 5.32 Å². The number of hydrogen-bond acceptors (Lipinski definition) is 1. The minimum Gasteiger partial charge on any atom is -0.310 e. The number of benzene rings is 1. The normalized spacial score (nSPS) is 13.6. The quantitative estimate of drug-likeness (QED) is 0.773. The van der Waals surface area contributed by atoms with Gasteiger partial charge in [-0.1, -0.05) is 45.9 Å². The fourth-order valence-corrected chi connectivity index (χ4v) is 2.02. The summed E-state index contributed by atoms with van der Waals surface area (Å²) in [6, 6.07) is 7.24. The molecule has 0 aliphatic rings. The van der Waals surface area contributed by atoms with E-state index in [1.165, 1.54) is 0 Å². The molecule has 1 rings (SSSR count). The first-order valence-corrected chi connectivity index (χ1v) is 6.92. The molecule has 0 radical (unpaired) electrons. The molecular weight excluding hydrogens is 225 g/mol. The Bertz CT molecular complexity index is 354. The molecule has 1 unspecified atom stereocenters. The molecule has 0 amide bonds. The zero-order valence-corrected chi connectivity index (χ0v) is 12.1. The molecule has 0 heterocycles. The molecule has 0 aromatic heterocycles. The van der Waals surface area contributed by atoms with Crippen LogP contribution in [-0.4, -0.2) is 6.54 Å². The molecule has 18 heavy (non-hydrogen) atoms. The Morgan fingerprint density at radius 2 is 1.89 bits per heavy atom. The maximum atomic E-state index is 13.8. The van der Waals surface area contributed by atoms with Gasteiger partial charge in [0.2, 0.25) is 0 Å². The summed E-state index contributed by atoms with van der Waals surface area (Å²) in [5.74, 6) is -0.0972. The minimum absolute atomic E-state index is 0.0972. The third-order valence-corrected chi connectivity index (χ3v) is 3.10. The lowest BCUT2D eigenvalue weighted by Crippen LogP contribution is -2.24. The molecule has 2 heteroatoms. The molecule has 1 atom stereocenters. The van der Waals surface area contributed by atoms with Crippen molar-refractivity contribution in [3.05, 3.63) is 35.6 Å². The van der Waals surface area contributed by atoms with Crippen LogP contribution in [0.1, 0.15) is 58.6 Å². The first-order chi connectivity index (χ1) is 8.44. The number of nitrogens with one attached hydrogen (secondary N) is 1. The SMILES string of the molecule is CCCNC(CCC(C)(C)C)c1ccccc1F. The van der Waals surface area contributed by atoms with Crippen molar-refractivity contribution in [2.75, 3.05) is 6.54 Å². The van der Waals surface area contributed by atoms with Crippen molar-refractivity contribution in [2.45, 2.75) is 53.0 Å². The van der Waals surface area contributed by atoms with Gasteiger partial charge in [-0.15, -0.1) is 0 Å². The van der Waals surface area contributed by atoms with Crippen LogP contribution in [0.15, 0.2) is 24.3 Å². The van der Waals surface area contributed by atoms with Crippen molar-refractivity contribution in [1.82, 2.24) is 5.32 Å². The van der Waals surface area contributed by atoms with E-state index in [0.717, 1.165) is 31.4 Å². The highest BCUT2D eigenvalue weighted by atomic mass is 19.1. The Morgan fingerprint density at radius 3 is 2.44 bits per heavy atom. The van der Waals surface area contributed by atoms with E-state index in [9.17, 15) is 4.39 Å². The molecule has 0 bridgehead atoms. The molecule has 0 saturated heterocycles. The maximum Gasteiger partial charge on any atom is 0.127 e. The first kappa shape index (κ1) is 15.2. The van der Waals surface area contributed by atoms with Crippen LogP contribution in [0.5, 0.6) is 0 Å². The van der Waals surface area contributed by atoms with E-state index in [4.69, 9.17) is 0 Å². The van der Waals surface area contributed by atoms with Gasteiger partial charge in [-0.3, -0.25) is 0 Å². The molecule has 1 N–H and O–H groups in total. The summed E-state index contributed by atoms with van der Waals surface area (Å²) in [6.07, 6.45) is 3.13. The number of rotatable bonds is 6. The van der Waals surface area contributed by atoms with Gasteiger partial charge < -0.3 is 5.32 Å². The Balaban J connectivity index is 2.75. The van der Waals surface area contributed by atoms with Gasteiger partial charge in [0.15, 0.2) is 0 Å². The average molecular weight is 251 g/mol. The minimum atomic E-state index is -0.0972. The van der Waals surface area contributed by atoms with Crippen LogP contribution in [0.3, 0.4) is 0 Å². The third kappa shape index (κ3) is 5.18. The molecule has 0 aliphatic heterocycles. The van der Waals surface area contributed by atoms with Crippen molar-refractivity contribution >= 4 is 0 Å². The van der Waals surface area contributed by atoms with E-state index in [0.29, 0.717) is 0 Å². The second-order valence-corrected chi connectivity index (χ2v) is 6.13. The predicted octanol–water partition coefficient (Wildman–Crippen LogP) is 4.69. The highest BCUT2D eigenvalue weighted by Crippen LogP contribution is 2.28. The van der Waals surface area contributed by atoms with Gasteiger partial charge in [-0.2, -0.15) is 0 Å². The number of halogens is 1. The van der Waals surface area contributed by atoms with Gasteiger partial charge in [0.1, 0.15) is 5.82 Å². The van der Waals surface area contributed by atoms with Crippen LogP contribution in [0, 0.1) is 11.2 Å². The first-order valence-electron chi connectivity index (χ1n) is 6.92. The largest absolute Gasteiger partial charge is 0.310 e. The second-order valence-electron chi connectivity index (χ2n) is 6.13. The Hall–Kier alpha value is -0.890. The van der Waals surface area contributed by atoms with Crippen molar-refractivity contribution < 1.29 is 4.39 Å². The summed E-state index contributed by atoms with van der Waals surface area (Å²) in [6.45, 7) is 9.75. The monoisotopic (exact) mass is 251 g/mol. The van der Waals surface area contributed by atoms with Crippen molar-refractivity contribution in [3.8, 4) is 0 Å². The molecule has 102 valence electrons. The zero-order chi connectivity index (χ0) is 13.6. The van der Waals surface area contributed by atoms with Gasteiger partial charge in [-0.25, -0.2) is 4.39 Å². The highest BCUT2D eigenvalue weighted by molar-refractivity contribution is 5.21. The maximum absolute atomic E-state index is 13.8.